The summed E-state index contributed by atoms with van der Waals surface area (Å²) in [7, 11) is 1.40. The van der Waals surface area contributed by atoms with Gasteiger partial charge >= 0.3 is 5.97 Å². The third kappa shape index (κ3) is 5.99. The van der Waals surface area contributed by atoms with Gasteiger partial charge in [0.05, 0.1) is 12.1 Å². The quantitative estimate of drug-likeness (QED) is 0.418. The molecule has 0 bridgehead atoms. The van der Waals surface area contributed by atoms with Crippen LogP contribution < -0.4 is 9.47 Å². The fraction of sp³-hybridized carbons (Fsp3) is 0.259. The van der Waals surface area contributed by atoms with Crippen molar-refractivity contribution in [2.75, 3.05) is 13.7 Å². The van der Waals surface area contributed by atoms with Crippen LogP contribution in [0.1, 0.15) is 34.0 Å². The lowest BCUT2D eigenvalue weighted by atomic mass is 9.91. The summed E-state index contributed by atoms with van der Waals surface area (Å²) in [5.41, 5.74) is 0.761. The van der Waals surface area contributed by atoms with Gasteiger partial charge in [-0.2, -0.15) is 0 Å². The van der Waals surface area contributed by atoms with E-state index in [4.69, 9.17) is 21.1 Å². The first-order chi connectivity index (χ1) is 17.5. The summed E-state index contributed by atoms with van der Waals surface area (Å²) in [6, 6.07) is 10.3. The topological polar surface area (TPSA) is 76.1 Å². The fourth-order valence-corrected chi connectivity index (χ4v) is 4.63. The molecule has 6 nitrogen and oxygen atoms in total. The number of nitrogens with zero attached hydrogens (tertiary/aromatic N) is 1. The number of amides is 1. The maximum absolute atomic E-state index is 13.9. The molecule has 0 aromatic heterocycles. The number of fused-ring (bicyclic) bond motifs is 1. The number of rotatable bonds is 8. The summed E-state index contributed by atoms with van der Waals surface area (Å²) in [5.74, 6) is -3.48. The number of benzene rings is 3. The number of aliphatic carboxylic acids is 1. The molecule has 194 valence electrons. The van der Waals surface area contributed by atoms with Crippen LogP contribution in [0, 0.1) is 17.5 Å². The van der Waals surface area contributed by atoms with Crippen molar-refractivity contribution in [3.63, 3.8) is 0 Å². The number of carbonyl (C=O) groups is 2. The van der Waals surface area contributed by atoms with Gasteiger partial charge in [0, 0.05) is 36.6 Å². The van der Waals surface area contributed by atoms with Crippen LogP contribution in [0.5, 0.6) is 11.5 Å². The van der Waals surface area contributed by atoms with Gasteiger partial charge in [-0.1, -0.05) is 17.7 Å². The second kappa shape index (κ2) is 10.3. The van der Waals surface area contributed by atoms with E-state index >= 15 is 0 Å². The standard InChI is InChI=1S/C27H23ClF3NO5/c1-27(11-15-3-4-21(28)22(31)7-15)12-18-8-17(9-23(36-2)25(18)37-27)26(35)32(14-24(33)34)13-16-5-19(29)10-20(30)6-16/h3-10H,11-14H2,1-2H3,(H,33,34)/t27-/m0/s1. The van der Waals surface area contributed by atoms with E-state index in [2.05, 4.69) is 0 Å². The Balaban J connectivity index is 1.62. The van der Waals surface area contributed by atoms with Gasteiger partial charge in [0.15, 0.2) is 11.5 Å². The normalized spacial score (nSPS) is 16.2. The van der Waals surface area contributed by atoms with E-state index in [9.17, 15) is 27.9 Å². The van der Waals surface area contributed by atoms with Crippen molar-refractivity contribution in [3.05, 3.63) is 93.3 Å². The van der Waals surface area contributed by atoms with E-state index in [0.29, 0.717) is 35.8 Å². The van der Waals surface area contributed by atoms with E-state index < -0.39 is 41.5 Å². The molecule has 0 spiro atoms. The number of hydrogen-bond donors (Lipinski definition) is 1. The predicted octanol–water partition coefficient (Wildman–Crippen LogP) is 5.43. The summed E-state index contributed by atoms with van der Waals surface area (Å²) in [6.07, 6.45) is 0.705. The lowest BCUT2D eigenvalue weighted by molar-refractivity contribution is -0.137. The lowest BCUT2D eigenvalue weighted by Gasteiger charge is -2.24. The number of carboxylic acids is 1. The Morgan fingerprint density at radius 1 is 1.08 bits per heavy atom. The van der Waals surface area contributed by atoms with E-state index in [1.165, 1.54) is 25.3 Å². The van der Waals surface area contributed by atoms with Gasteiger partial charge in [-0.25, -0.2) is 13.2 Å². The Kier molecular flexibility index (Phi) is 7.36. The third-order valence-corrected chi connectivity index (χ3v) is 6.29. The number of halogens is 4. The average Bonchev–Trinajstić information content (AvgIpc) is 3.14. The first kappa shape index (κ1) is 26.3. The monoisotopic (exact) mass is 533 g/mol. The zero-order valence-corrected chi connectivity index (χ0v) is 20.7. The van der Waals surface area contributed by atoms with Crippen LogP contribution in [-0.2, 0) is 24.2 Å². The van der Waals surface area contributed by atoms with Crippen molar-refractivity contribution < 1.29 is 37.3 Å². The van der Waals surface area contributed by atoms with Gasteiger partial charge in [0.2, 0.25) is 0 Å². The molecule has 3 aromatic carbocycles. The highest BCUT2D eigenvalue weighted by Crippen LogP contribution is 2.44. The first-order valence-electron chi connectivity index (χ1n) is 11.3. The molecule has 1 amide bonds. The Morgan fingerprint density at radius 2 is 1.78 bits per heavy atom. The summed E-state index contributed by atoms with van der Waals surface area (Å²) < 4.78 is 52.9. The highest BCUT2D eigenvalue weighted by atomic mass is 35.5. The van der Waals surface area contributed by atoms with E-state index in [-0.39, 0.29) is 28.4 Å². The largest absolute Gasteiger partial charge is 0.493 e. The van der Waals surface area contributed by atoms with Crippen LogP contribution in [0.2, 0.25) is 5.02 Å². The molecule has 1 heterocycles. The molecule has 1 atom stereocenters. The molecule has 10 heteroatoms. The summed E-state index contributed by atoms with van der Waals surface area (Å²) in [5, 5.41) is 9.36. The van der Waals surface area contributed by atoms with Crippen LogP contribution in [0.3, 0.4) is 0 Å². The molecule has 4 rings (SSSR count). The minimum Gasteiger partial charge on any atom is -0.493 e. The maximum Gasteiger partial charge on any atom is 0.323 e. The molecule has 0 radical (unpaired) electrons. The molecule has 0 unspecified atom stereocenters. The number of carboxylic acid groups (broad SMARTS) is 1. The van der Waals surface area contributed by atoms with Gasteiger partial charge in [0.25, 0.3) is 5.91 Å². The van der Waals surface area contributed by atoms with Gasteiger partial charge in [-0.3, -0.25) is 9.59 Å². The SMILES string of the molecule is COc1cc(C(=O)N(CC(=O)O)Cc2cc(F)cc(F)c2)cc2c1O[C@@](C)(Cc1ccc(Cl)c(F)c1)C2. The number of ether oxygens (including phenoxy) is 2. The van der Waals surface area contributed by atoms with Crippen molar-refractivity contribution in [1.82, 2.24) is 4.90 Å². The molecule has 1 aliphatic rings. The molecule has 0 saturated carbocycles. The lowest BCUT2D eigenvalue weighted by Crippen LogP contribution is -2.35. The summed E-state index contributed by atoms with van der Waals surface area (Å²) >= 11 is 5.78. The second-order valence-electron chi connectivity index (χ2n) is 9.15. The zero-order valence-electron chi connectivity index (χ0n) is 20.0. The van der Waals surface area contributed by atoms with Crippen LogP contribution in [0.4, 0.5) is 13.2 Å². The molecule has 0 aliphatic carbocycles. The predicted molar refractivity (Wildman–Crippen MR) is 130 cm³/mol. The van der Waals surface area contributed by atoms with Gasteiger partial charge in [-0.15, -0.1) is 0 Å². The number of carbonyl (C=O) groups excluding carboxylic acids is 1. The minimum absolute atomic E-state index is 0.0150. The Labute approximate surface area is 216 Å². The molecule has 1 N–H and O–H groups in total. The van der Waals surface area contributed by atoms with Gasteiger partial charge in [0.1, 0.15) is 29.6 Å². The number of methoxy groups -OCH3 is 1. The Bertz CT molecular complexity index is 1360. The molecular weight excluding hydrogens is 511 g/mol. The molecule has 3 aromatic rings. The van der Waals surface area contributed by atoms with Crippen molar-refractivity contribution in [2.24, 2.45) is 0 Å². The molecule has 1 aliphatic heterocycles. The van der Waals surface area contributed by atoms with Crippen molar-refractivity contribution in [2.45, 2.75) is 31.9 Å². The smallest absolute Gasteiger partial charge is 0.323 e. The van der Waals surface area contributed by atoms with Crippen molar-refractivity contribution in [1.29, 1.82) is 0 Å². The molecule has 0 fully saturated rings. The van der Waals surface area contributed by atoms with Crippen LogP contribution in [0.15, 0.2) is 48.5 Å². The summed E-state index contributed by atoms with van der Waals surface area (Å²) in [4.78, 5) is 25.8. The van der Waals surface area contributed by atoms with Gasteiger partial charge in [-0.05, 0) is 54.4 Å². The minimum atomic E-state index is -1.29. The Morgan fingerprint density at radius 3 is 2.41 bits per heavy atom. The zero-order chi connectivity index (χ0) is 26.9. The van der Waals surface area contributed by atoms with Crippen molar-refractivity contribution in [3.8, 4) is 11.5 Å². The molecular formula is C27H23ClF3NO5. The third-order valence-electron chi connectivity index (χ3n) is 5.98. The fourth-order valence-electron chi connectivity index (χ4n) is 4.52. The van der Waals surface area contributed by atoms with E-state index in [1.807, 2.05) is 6.92 Å². The van der Waals surface area contributed by atoms with Crippen molar-refractivity contribution >= 4 is 23.5 Å². The van der Waals surface area contributed by atoms with Gasteiger partial charge < -0.3 is 19.5 Å². The second-order valence-corrected chi connectivity index (χ2v) is 9.56. The van der Waals surface area contributed by atoms with Crippen LogP contribution in [-0.4, -0.2) is 41.1 Å². The number of hydrogen-bond acceptors (Lipinski definition) is 4. The molecule has 37 heavy (non-hydrogen) atoms. The highest BCUT2D eigenvalue weighted by molar-refractivity contribution is 6.30. The van der Waals surface area contributed by atoms with E-state index in [0.717, 1.165) is 17.0 Å². The van der Waals surface area contributed by atoms with E-state index in [1.54, 1.807) is 12.1 Å². The Hall–Kier alpha value is -3.72. The average molecular weight is 534 g/mol. The summed E-state index contributed by atoms with van der Waals surface area (Å²) in [6.45, 7) is 0.831. The maximum atomic E-state index is 13.9. The first-order valence-corrected chi connectivity index (χ1v) is 11.6. The highest BCUT2D eigenvalue weighted by Gasteiger charge is 2.38. The molecule has 0 saturated heterocycles. The van der Waals surface area contributed by atoms with Crippen LogP contribution >= 0.6 is 11.6 Å². The van der Waals surface area contributed by atoms with Crippen LogP contribution in [0.25, 0.3) is 0 Å².